The highest BCUT2D eigenvalue weighted by Gasteiger charge is 2.45. The maximum atomic E-state index is 13.5. The molecule has 2 aromatic carbocycles. The van der Waals surface area contributed by atoms with E-state index in [4.69, 9.17) is 11.3 Å². The number of hydrogen-bond donors (Lipinski definition) is 1. The molecule has 308 valence electrons. The van der Waals surface area contributed by atoms with E-state index in [1.54, 1.807) is 37.7 Å². The first-order valence-electron chi connectivity index (χ1n) is 20.5. The fraction of sp³-hybridized carbons (Fsp3) is 0.488. The van der Waals surface area contributed by atoms with E-state index in [-0.39, 0.29) is 37.3 Å². The summed E-state index contributed by atoms with van der Waals surface area (Å²) in [4.78, 5) is 89.1. The number of ether oxygens (including phenoxy) is 1. The first kappa shape index (κ1) is 39.7. The van der Waals surface area contributed by atoms with Gasteiger partial charge in [0.1, 0.15) is 11.8 Å². The van der Waals surface area contributed by atoms with Crippen LogP contribution in [0.3, 0.4) is 0 Å². The number of amides is 5. The van der Waals surface area contributed by atoms with E-state index in [1.165, 1.54) is 0 Å². The number of hydrogen-bond acceptors (Lipinski definition) is 12. The van der Waals surface area contributed by atoms with Gasteiger partial charge in [-0.3, -0.25) is 39.1 Å². The van der Waals surface area contributed by atoms with Gasteiger partial charge in [0.15, 0.2) is 0 Å². The van der Waals surface area contributed by atoms with Crippen molar-refractivity contribution in [3.8, 4) is 5.75 Å². The average molecular weight is 803 g/mol. The van der Waals surface area contributed by atoms with Crippen molar-refractivity contribution < 1.29 is 28.7 Å². The van der Waals surface area contributed by atoms with E-state index in [1.807, 2.05) is 23.1 Å². The van der Waals surface area contributed by atoms with Gasteiger partial charge in [0, 0.05) is 101 Å². The van der Waals surface area contributed by atoms with Crippen molar-refractivity contribution >= 4 is 52.5 Å². The van der Waals surface area contributed by atoms with Crippen LogP contribution in [0.25, 0.3) is 4.85 Å². The Morgan fingerprint density at radius 2 is 1.56 bits per heavy atom. The molecule has 4 fully saturated rings. The molecule has 0 radical (unpaired) electrons. The summed E-state index contributed by atoms with van der Waals surface area (Å²) in [5.74, 6) is -0.126. The van der Waals surface area contributed by atoms with Crippen molar-refractivity contribution in [3.05, 3.63) is 76.9 Å². The second-order valence-corrected chi connectivity index (χ2v) is 16.3. The van der Waals surface area contributed by atoms with Gasteiger partial charge in [-0.1, -0.05) is 6.07 Å². The molecule has 5 aliphatic rings. The Kier molecular flexibility index (Phi) is 11.2. The Hall–Kier alpha value is -6.08. The highest BCUT2D eigenvalue weighted by molar-refractivity contribution is 6.23. The van der Waals surface area contributed by atoms with Gasteiger partial charge in [0.05, 0.1) is 31.2 Å². The minimum absolute atomic E-state index is 0.00181. The summed E-state index contributed by atoms with van der Waals surface area (Å²) >= 11 is 0. The molecule has 3 aromatic rings. The zero-order chi connectivity index (χ0) is 41.4. The van der Waals surface area contributed by atoms with Crippen LogP contribution in [0, 0.1) is 12.5 Å². The topological polar surface area (TPSA) is 156 Å². The third-order valence-electron chi connectivity index (χ3n) is 12.5. The number of nitrogens with one attached hydrogen (secondary N) is 1. The van der Waals surface area contributed by atoms with Crippen LogP contribution in [-0.4, -0.2) is 138 Å². The highest BCUT2D eigenvalue weighted by atomic mass is 16.5. The number of anilines is 3. The number of carbonyl (C=O) groups is 5. The summed E-state index contributed by atoms with van der Waals surface area (Å²) < 4.78 is 5.43. The van der Waals surface area contributed by atoms with Crippen LogP contribution in [-0.2, 0) is 20.8 Å². The molecule has 0 spiro atoms. The third kappa shape index (κ3) is 8.03. The molecule has 1 N–H and O–H groups in total. The van der Waals surface area contributed by atoms with Gasteiger partial charge in [-0.05, 0) is 74.9 Å². The number of rotatable bonds is 9. The van der Waals surface area contributed by atoms with Crippen LogP contribution in [0.4, 0.5) is 23.0 Å². The van der Waals surface area contributed by atoms with E-state index in [0.717, 1.165) is 80.5 Å². The first-order chi connectivity index (χ1) is 28.5. The van der Waals surface area contributed by atoms with E-state index < -0.39 is 29.7 Å². The van der Waals surface area contributed by atoms with Crippen molar-refractivity contribution in [2.45, 2.75) is 64.1 Å². The molecule has 4 saturated heterocycles. The largest absolute Gasteiger partial charge is 0.508 e. The molecule has 0 aliphatic carbocycles. The van der Waals surface area contributed by atoms with Crippen molar-refractivity contribution in [3.63, 3.8) is 0 Å². The predicted molar refractivity (Wildman–Crippen MR) is 220 cm³/mol. The van der Waals surface area contributed by atoms with Crippen LogP contribution in [0.5, 0.6) is 5.75 Å². The van der Waals surface area contributed by atoms with Gasteiger partial charge < -0.3 is 24.3 Å². The van der Waals surface area contributed by atoms with Crippen LogP contribution >= 0.6 is 0 Å². The van der Waals surface area contributed by atoms with E-state index in [9.17, 15) is 24.0 Å². The molecule has 16 heteroatoms. The van der Waals surface area contributed by atoms with Gasteiger partial charge in [0.25, 0.3) is 11.8 Å². The SMILES string of the molecule is [C-]#[N+]c1ccc(N2C[C@@H](C)N(C(=O)Cc3cnc(N4CCC(CN5CCN(c6ccc7c(c6)C(=O)N(C6CCC(=O)NC6=O)C7=O)CC5)CC4)nc3)C[C@@H]2C)cc1OC. The summed E-state index contributed by atoms with van der Waals surface area (Å²) in [6.07, 6.45) is 6.10. The lowest BCUT2D eigenvalue weighted by Gasteiger charge is -2.45. The Morgan fingerprint density at radius 3 is 2.25 bits per heavy atom. The molecule has 3 atom stereocenters. The number of piperidine rings is 2. The van der Waals surface area contributed by atoms with E-state index in [2.05, 4.69) is 53.6 Å². The lowest BCUT2D eigenvalue weighted by Crippen LogP contribution is -2.58. The van der Waals surface area contributed by atoms with E-state index in [0.29, 0.717) is 47.5 Å². The second kappa shape index (κ2) is 16.6. The van der Waals surface area contributed by atoms with Crippen LogP contribution in [0.2, 0.25) is 0 Å². The van der Waals surface area contributed by atoms with Gasteiger partial charge in [0.2, 0.25) is 29.4 Å². The summed E-state index contributed by atoms with van der Waals surface area (Å²) in [7, 11) is 1.57. The molecule has 6 heterocycles. The average Bonchev–Trinajstić information content (AvgIpc) is 3.49. The van der Waals surface area contributed by atoms with Crippen molar-refractivity contribution in [1.29, 1.82) is 0 Å². The van der Waals surface area contributed by atoms with Crippen LogP contribution in [0.1, 0.15) is 65.8 Å². The monoisotopic (exact) mass is 802 g/mol. The predicted octanol–water partition coefficient (Wildman–Crippen LogP) is 3.14. The molecule has 59 heavy (non-hydrogen) atoms. The van der Waals surface area contributed by atoms with Crippen LogP contribution in [0.15, 0.2) is 48.8 Å². The summed E-state index contributed by atoms with van der Waals surface area (Å²) in [6.45, 7) is 18.9. The molecule has 16 nitrogen and oxygen atoms in total. The number of carbonyl (C=O) groups excluding carboxylic acids is 5. The molecule has 5 amide bonds. The quantitative estimate of drug-likeness (QED) is 0.250. The highest BCUT2D eigenvalue weighted by Crippen LogP contribution is 2.35. The summed E-state index contributed by atoms with van der Waals surface area (Å²) in [5, 5.41) is 2.24. The lowest BCUT2D eigenvalue weighted by molar-refractivity contribution is -0.136. The zero-order valence-electron chi connectivity index (χ0n) is 33.8. The maximum absolute atomic E-state index is 13.5. The minimum atomic E-state index is -0.975. The van der Waals surface area contributed by atoms with Crippen molar-refractivity contribution in [1.82, 2.24) is 30.0 Å². The van der Waals surface area contributed by atoms with Crippen molar-refractivity contribution in [2.24, 2.45) is 5.92 Å². The second-order valence-electron chi connectivity index (χ2n) is 16.3. The number of nitrogens with zero attached hydrogens (tertiary/aromatic N) is 9. The number of imide groups is 2. The van der Waals surface area contributed by atoms with Gasteiger partial charge >= 0.3 is 0 Å². The Bertz CT molecular complexity index is 2180. The molecule has 0 bridgehead atoms. The normalized spacial score (nSPS) is 23.0. The van der Waals surface area contributed by atoms with E-state index >= 15 is 0 Å². The molecule has 8 rings (SSSR count). The zero-order valence-corrected chi connectivity index (χ0v) is 33.8. The Balaban J connectivity index is 0.778. The number of methoxy groups -OCH3 is 1. The number of piperazine rings is 2. The standard InChI is InChI=1S/C43H50N10O6/c1-27-25-52(28(2)24-51(27)32-6-8-35(44-3)37(21-32)59-4)39(55)19-30-22-45-43(46-23-30)50-13-11-29(12-14-50)26-48-15-17-49(18-16-48)31-5-7-33-34(20-31)42(58)53(41(33)57)36-9-10-38(54)47-40(36)56/h5-8,20-23,27-29,36H,9-19,24-26H2,1-2,4H3,(H,47,54,56)/t27-,28+,36?/m0/s1. The Labute approximate surface area is 343 Å². The molecule has 1 aromatic heterocycles. The minimum Gasteiger partial charge on any atom is -0.508 e. The Morgan fingerprint density at radius 1 is 0.847 bits per heavy atom. The molecule has 5 aliphatic heterocycles. The number of aromatic nitrogens is 2. The molecular weight excluding hydrogens is 753 g/mol. The smallest absolute Gasteiger partial charge is 0.262 e. The van der Waals surface area contributed by atoms with Gasteiger partial charge in [-0.25, -0.2) is 14.8 Å². The maximum Gasteiger partial charge on any atom is 0.262 e. The first-order valence-corrected chi connectivity index (χ1v) is 20.5. The third-order valence-corrected chi connectivity index (χ3v) is 12.5. The fourth-order valence-corrected chi connectivity index (χ4v) is 9.17. The van der Waals surface area contributed by atoms with Gasteiger partial charge in [-0.15, -0.1) is 0 Å². The molecule has 1 unspecified atom stereocenters. The molecular formula is C43H50N10O6. The molecule has 0 saturated carbocycles. The summed E-state index contributed by atoms with van der Waals surface area (Å²) in [5.41, 5.74) is 3.72. The van der Waals surface area contributed by atoms with Crippen molar-refractivity contribution in [2.75, 3.05) is 80.7 Å². The number of fused-ring (bicyclic) bond motifs is 1. The number of benzene rings is 2. The summed E-state index contributed by atoms with van der Waals surface area (Å²) in [6, 6.07) is 10.1. The fourth-order valence-electron chi connectivity index (χ4n) is 9.17. The van der Waals surface area contributed by atoms with Crippen LogP contribution < -0.4 is 24.8 Å². The van der Waals surface area contributed by atoms with Gasteiger partial charge in [-0.2, -0.15) is 0 Å². The lowest BCUT2D eigenvalue weighted by atomic mass is 9.96.